The maximum atomic E-state index is 5.67. The number of rotatable bonds is 3. The van der Waals surface area contributed by atoms with Crippen molar-refractivity contribution in [3.8, 4) is 0 Å². The Bertz CT molecular complexity index is 518. The topological polar surface area (TPSA) is 67.1 Å². The van der Waals surface area contributed by atoms with Crippen molar-refractivity contribution in [2.45, 2.75) is 44.7 Å². The highest BCUT2D eigenvalue weighted by Crippen LogP contribution is 2.28. The van der Waals surface area contributed by atoms with Gasteiger partial charge < -0.3 is 11.1 Å². The molecule has 0 saturated carbocycles. The molecule has 0 bridgehead atoms. The van der Waals surface area contributed by atoms with Crippen LogP contribution in [0, 0.1) is 6.92 Å². The minimum Gasteiger partial charge on any atom is -0.388 e. The molecule has 2 atom stereocenters. The van der Waals surface area contributed by atoms with E-state index in [2.05, 4.69) is 20.2 Å². The van der Waals surface area contributed by atoms with Crippen LogP contribution in [0.15, 0.2) is 6.07 Å². The first-order valence-corrected chi connectivity index (χ1v) is 7.70. The summed E-state index contributed by atoms with van der Waals surface area (Å²) in [4.78, 5) is 11.8. The molecule has 1 aromatic heterocycles. The van der Waals surface area contributed by atoms with E-state index in [0.717, 1.165) is 12.1 Å². The summed E-state index contributed by atoms with van der Waals surface area (Å²) in [5.41, 5.74) is 7.21. The molecule has 6 heteroatoms. The number of fused-ring (bicyclic) bond motifs is 1. The smallest absolute Gasteiger partial charge is 0.223 e. The minimum atomic E-state index is 0.323. The van der Waals surface area contributed by atoms with Crippen molar-refractivity contribution < 1.29 is 0 Å². The van der Waals surface area contributed by atoms with Crippen molar-refractivity contribution in [1.82, 2.24) is 14.9 Å². The van der Waals surface area contributed by atoms with Gasteiger partial charge in [-0.25, -0.2) is 9.97 Å². The van der Waals surface area contributed by atoms with Crippen molar-refractivity contribution in [1.29, 1.82) is 0 Å². The Morgan fingerprint density at radius 1 is 1.35 bits per heavy atom. The maximum Gasteiger partial charge on any atom is 0.223 e. The summed E-state index contributed by atoms with van der Waals surface area (Å²) in [6, 6.07) is 2.90. The lowest BCUT2D eigenvalue weighted by Gasteiger charge is -2.32. The fraction of sp³-hybridized carbons (Fsp3) is 0.643. The van der Waals surface area contributed by atoms with Gasteiger partial charge in [0.15, 0.2) is 0 Å². The summed E-state index contributed by atoms with van der Waals surface area (Å²) in [6.45, 7) is 4.35. The van der Waals surface area contributed by atoms with Crippen LogP contribution in [-0.4, -0.2) is 45.0 Å². The van der Waals surface area contributed by atoms with Crippen molar-refractivity contribution in [3.63, 3.8) is 0 Å². The van der Waals surface area contributed by atoms with Crippen molar-refractivity contribution in [2.24, 2.45) is 5.73 Å². The standard InChI is InChI=1S/C14H21N5S/c1-9-8-11(13(15)20)18-14(16-9)17-10-5-7-19-6-3-2-4-12(10)19/h8,10,12H,2-7H2,1H3,(H2,15,20)(H,16,17,18). The average molecular weight is 291 g/mol. The van der Waals surface area contributed by atoms with Crippen molar-refractivity contribution in [3.05, 3.63) is 17.5 Å². The van der Waals surface area contributed by atoms with Gasteiger partial charge in [0.2, 0.25) is 5.95 Å². The number of nitrogens with two attached hydrogens (primary N) is 1. The number of aromatic nitrogens is 2. The third-order valence-corrected chi connectivity index (χ3v) is 4.49. The molecule has 2 fully saturated rings. The van der Waals surface area contributed by atoms with Gasteiger partial charge in [-0.15, -0.1) is 0 Å². The van der Waals surface area contributed by atoms with Crippen LogP contribution < -0.4 is 11.1 Å². The zero-order valence-electron chi connectivity index (χ0n) is 11.8. The first-order chi connectivity index (χ1) is 9.63. The lowest BCUT2D eigenvalue weighted by molar-refractivity contribution is 0.192. The highest BCUT2D eigenvalue weighted by Gasteiger charge is 2.35. The molecule has 0 radical (unpaired) electrons. The number of piperidine rings is 1. The summed E-state index contributed by atoms with van der Waals surface area (Å²) in [5, 5.41) is 3.50. The molecular weight excluding hydrogens is 270 g/mol. The lowest BCUT2D eigenvalue weighted by Crippen LogP contribution is -2.42. The lowest BCUT2D eigenvalue weighted by atomic mass is 9.99. The van der Waals surface area contributed by atoms with E-state index in [0.29, 0.717) is 28.7 Å². The fourth-order valence-corrected chi connectivity index (χ4v) is 3.45. The van der Waals surface area contributed by atoms with Crippen LogP contribution in [0.25, 0.3) is 0 Å². The third-order valence-electron chi connectivity index (χ3n) is 4.28. The van der Waals surface area contributed by atoms with Gasteiger partial charge in [-0.1, -0.05) is 18.6 Å². The Hall–Kier alpha value is -1.27. The maximum absolute atomic E-state index is 5.67. The molecule has 2 aliphatic rings. The van der Waals surface area contributed by atoms with Gasteiger partial charge in [-0.3, -0.25) is 4.90 Å². The zero-order chi connectivity index (χ0) is 14.1. The molecular formula is C14H21N5S. The van der Waals surface area contributed by atoms with Crippen LogP contribution in [0.2, 0.25) is 0 Å². The Kier molecular flexibility index (Phi) is 3.85. The van der Waals surface area contributed by atoms with Crippen LogP contribution in [-0.2, 0) is 0 Å². The Balaban J connectivity index is 1.76. The largest absolute Gasteiger partial charge is 0.388 e. The van der Waals surface area contributed by atoms with E-state index in [1.54, 1.807) is 0 Å². The highest BCUT2D eigenvalue weighted by molar-refractivity contribution is 7.80. The second-order valence-corrected chi connectivity index (χ2v) is 6.16. The molecule has 0 aromatic carbocycles. The van der Waals surface area contributed by atoms with Crippen LogP contribution >= 0.6 is 12.2 Å². The third kappa shape index (κ3) is 2.76. The molecule has 3 N–H and O–H groups in total. The first kappa shape index (κ1) is 13.7. The van der Waals surface area contributed by atoms with Gasteiger partial charge in [0.1, 0.15) is 10.7 Å². The van der Waals surface area contributed by atoms with Gasteiger partial charge in [-0.2, -0.15) is 0 Å². The number of thiocarbonyl (C=S) groups is 1. The molecule has 20 heavy (non-hydrogen) atoms. The second-order valence-electron chi connectivity index (χ2n) is 5.72. The molecule has 2 aliphatic heterocycles. The van der Waals surface area contributed by atoms with E-state index in [1.165, 1.54) is 32.4 Å². The molecule has 3 rings (SSSR count). The van der Waals surface area contributed by atoms with Gasteiger partial charge in [0.05, 0.1) is 0 Å². The molecule has 1 aromatic rings. The van der Waals surface area contributed by atoms with Gasteiger partial charge in [0.25, 0.3) is 0 Å². The van der Waals surface area contributed by atoms with E-state index in [9.17, 15) is 0 Å². The molecule has 108 valence electrons. The normalized spacial score (nSPS) is 26.2. The predicted molar refractivity (Wildman–Crippen MR) is 83.9 cm³/mol. The van der Waals surface area contributed by atoms with Gasteiger partial charge >= 0.3 is 0 Å². The van der Waals surface area contributed by atoms with E-state index in [4.69, 9.17) is 18.0 Å². The quantitative estimate of drug-likeness (QED) is 0.822. The number of hydrogen-bond acceptors (Lipinski definition) is 5. The Labute approximate surface area is 125 Å². The molecule has 0 spiro atoms. The highest BCUT2D eigenvalue weighted by atomic mass is 32.1. The van der Waals surface area contributed by atoms with Crippen molar-refractivity contribution in [2.75, 3.05) is 18.4 Å². The Morgan fingerprint density at radius 2 is 2.20 bits per heavy atom. The summed E-state index contributed by atoms with van der Waals surface area (Å²) in [6.07, 6.45) is 5.08. The summed E-state index contributed by atoms with van der Waals surface area (Å²) in [5.74, 6) is 0.658. The fourth-order valence-electron chi connectivity index (χ4n) is 3.34. The zero-order valence-corrected chi connectivity index (χ0v) is 12.6. The number of hydrogen-bond donors (Lipinski definition) is 2. The van der Waals surface area contributed by atoms with Crippen LogP contribution in [0.1, 0.15) is 37.1 Å². The van der Waals surface area contributed by atoms with E-state index in [-0.39, 0.29) is 0 Å². The summed E-state index contributed by atoms with van der Waals surface area (Å²) >= 11 is 5.01. The van der Waals surface area contributed by atoms with Gasteiger partial charge in [0, 0.05) is 24.3 Å². The summed E-state index contributed by atoms with van der Waals surface area (Å²) < 4.78 is 0. The molecule has 3 heterocycles. The molecule has 2 unspecified atom stereocenters. The molecule has 0 amide bonds. The minimum absolute atomic E-state index is 0.323. The molecule has 0 aliphatic carbocycles. The van der Waals surface area contributed by atoms with E-state index in [1.807, 2.05) is 13.0 Å². The van der Waals surface area contributed by atoms with Crippen LogP contribution in [0.5, 0.6) is 0 Å². The van der Waals surface area contributed by atoms with Crippen LogP contribution in [0.3, 0.4) is 0 Å². The van der Waals surface area contributed by atoms with E-state index < -0.39 is 0 Å². The van der Waals surface area contributed by atoms with E-state index >= 15 is 0 Å². The SMILES string of the molecule is Cc1cc(C(N)=S)nc(NC2CCN3CCCCC23)n1. The molecule has 5 nitrogen and oxygen atoms in total. The molecule has 2 saturated heterocycles. The van der Waals surface area contributed by atoms with Crippen molar-refractivity contribution >= 4 is 23.2 Å². The monoisotopic (exact) mass is 291 g/mol. The van der Waals surface area contributed by atoms with Crippen LogP contribution in [0.4, 0.5) is 5.95 Å². The number of nitrogens with zero attached hydrogens (tertiary/aromatic N) is 3. The average Bonchev–Trinajstić information content (AvgIpc) is 2.82. The Morgan fingerprint density at radius 3 is 3.00 bits per heavy atom. The first-order valence-electron chi connectivity index (χ1n) is 7.29. The van der Waals surface area contributed by atoms with Gasteiger partial charge in [-0.05, 0) is 38.8 Å². The second kappa shape index (κ2) is 5.61. The number of aryl methyl sites for hydroxylation is 1. The predicted octanol–water partition coefficient (Wildman–Crippen LogP) is 1.46. The summed E-state index contributed by atoms with van der Waals surface area (Å²) in [7, 11) is 0. The number of anilines is 1. The number of nitrogens with one attached hydrogen (secondary N) is 1.